The summed E-state index contributed by atoms with van der Waals surface area (Å²) in [6, 6.07) is 15.6. The summed E-state index contributed by atoms with van der Waals surface area (Å²) in [4.78, 5) is 2.42. The summed E-state index contributed by atoms with van der Waals surface area (Å²) in [6.07, 6.45) is 3.02. The predicted octanol–water partition coefficient (Wildman–Crippen LogP) is 4.32. The highest BCUT2D eigenvalue weighted by Gasteiger charge is 2.35. The number of halogens is 1. The van der Waals surface area contributed by atoms with Crippen LogP contribution in [0.3, 0.4) is 0 Å². The molecule has 0 radical (unpaired) electrons. The number of benzene rings is 2. The second-order valence-corrected chi connectivity index (χ2v) is 6.96. The molecule has 1 aliphatic carbocycles. The van der Waals surface area contributed by atoms with Crippen LogP contribution in [0.15, 0.2) is 54.2 Å². The Morgan fingerprint density at radius 1 is 1.09 bits per heavy atom. The Bertz CT molecular complexity index is 780. The van der Waals surface area contributed by atoms with Crippen LogP contribution in [0, 0.1) is 5.82 Å². The van der Waals surface area contributed by atoms with Gasteiger partial charge >= 0.3 is 0 Å². The Hall–Kier alpha value is -1.86. The molecular weight excluding hydrogens is 308 g/mol. The minimum Gasteiger partial charge on any atom is -0.367 e. The molecule has 1 saturated carbocycles. The maximum atomic E-state index is 13.3. The second kappa shape index (κ2) is 5.98. The lowest BCUT2D eigenvalue weighted by molar-refractivity contribution is 0.324. The molecule has 2 aliphatic rings. The standard InChI is InChI=1S/C19H19FNOP/c20-15-7-5-13(6-8-15)19-17-4-2-1-3-14(17)11-21(16-9-10-16)18(19)12-23-22/h1-8,16H,9-12,23H2. The molecule has 1 aliphatic heterocycles. The van der Waals surface area contributed by atoms with Gasteiger partial charge in [-0.25, -0.2) is 4.39 Å². The van der Waals surface area contributed by atoms with Crippen molar-refractivity contribution >= 4 is 14.0 Å². The fourth-order valence-corrected chi connectivity index (χ4v) is 4.05. The maximum absolute atomic E-state index is 13.3. The minimum atomic E-state index is -0.849. The second-order valence-electron chi connectivity index (χ2n) is 6.22. The average molecular weight is 327 g/mol. The van der Waals surface area contributed by atoms with Crippen molar-refractivity contribution < 1.29 is 8.96 Å². The van der Waals surface area contributed by atoms with Crippen molar-refractivity contribution in [3.8, 4) is 0 Å². The number of allylic oxidation sites excluding steroid dienone is 1. The van der Waals surface area contributed by atoms with E-state index < -0.39 is 8.46 Å². The van der Waals surface area contributed by atoms with E-state index in [1.54, 1.807) is 0 Å². The van der Waals surface area contributed by atoms with Crippen LogP contribution < -0.4 is 0 Å². The van der Waals surface area contributed by atoms with Gasteiger partial charge in [-0.2, -0.15) is 0 Å². The predicted molar refractivity (Wildman–Crippen MR) is 92.7 cm³/mol. The highest BCUT2D eigenvalue weighted by molar-refractivity contribution is 7.24. The van der Waals surface area contributed by atoms with E-state index in [2.05, 4.69) is 23.1 Å². The summed E-state index contributed by atoms with van der Waals surface area (Å²) in [5.74, 6) is -0.228. The van der Waals surface area contributed by atoms with Gasteiger partial charge in [0.1, 0.15) is 5.82 Å². The Labute approximate surface area is 136 Å². The highest BCUT2D eigenvalue weighted by atomic mass is 31.1. The molecule has 1 heterocycles. The molecule has 0 bridgehead atoms. The van der Waals surface area contributed by atoms with E-state index in [0.717, 1.165) is 17.7 Å². The first kappa shape index (κ1) is 14.7. The lowest BCUT2D eigenvalue weighted by Gasteiger charge is -2.35. The van der Waals surface area contributed by atoms with Crippen LogP contribution in [0.25, 0.3) is 5.57 Å². The monoisotopic (exact) mass is 327 g/mol. The van der Waals surface area contributed by atoms with Gasteiger partial charge in [0.15, 0.2) is 0 Å². The van der Waals surface area contributed by atoms with Crippen molar-refractivity contribution in [3.63, 3.8) is 0 Å². The van der Waals surface area contributed by atoms with Gasteiger partial charge in [-0.1, -0.05) is 36.4 Å². The SMILES string of the molecule is O=[PH2]CC1=C(c2ccc(F)cc2)c2ccccc2CN1C1CC1. The molecular formula is C19H19FNOP. The largest absolute Gasteiger partial charge is 0.367 e. The molecule has 2 nitrogen and oxygen atoms in total. The van der Waals surface area contributed by atoms with Crippen LogP contribution in [0.1, 0.15) is 29.5 Å². The quantitative estimate of drug-likeness (QED) is 0.780. The van der Waals surface area contributed by atoms with Crippen LogP contribution in [-0.2, 0) is 11.1 Å². The Kier molecular flexibility index (Phi) is 3.82. The summed E-state index contributed by atoms with van der Waals surface area (Å²) in [5, 5.41) is 0. The van der Waals surface area contributed by atoms with E-state index in [0.29, 0.717) is 12.2 Å². The number of fused-ring (bicyclic) bond motifs is 1. The van der Waals surface area contributed by atoms with Crippen LogP contribution in [0.5, 0.6) is 0 Å². The molecule has 23 heavy (non-hydrogen) atoms. The maximum Gasteiger partial charge on any atom is 0.123 e. The van der Waals surface area contributed by atoms with Gasteiger partial charge in [0.25, 0.3) is 0 Å². The van der Waals surface area contributed by atoms with Crippen molar-refractivity contribution in [2.75, 3.05) is 6.16 Å². The van der Waals surface area contributed by atoms with E-state index in [9.17, 15) is 8.96 Å². The first-order valence-corrected chi connectivity index (χ1v) is 9.34. The number of hydrogen-bond donors (Lipinski definition) is 0. The summed E-state index contributed by atoms with van der Waals surface area (Å²) < 4.78 is 24.8. The third-order valence-electron chi connectivity index (χ3n) is 4.66. The number of hydrogen-bond acceptors (Lipinski definition) is 2. The summed E-state index contributed by atoms with van der Waals surface area (Å²) >= 11 is 0. The molecule has 1 atom stereocenters. The van der Waals surface area contributed by atoms with Crippen molar-refractivity contribution in [1.29, 1.82) is 0 Å². The van der Waals surface area contributed by atoms with Crippen LogP contribution in [0.2, 0.25) is 0 Å². The van der Waals surface area contributed by atoms with Gasteiger partial charge in [0, 0.05) is 30.0 Å². The molecule has 0 amide bonds. The molecule has 2 aromatic rings. The summed E-state index contributed by atoms with van der Waals surface area (Å²) in [7, 11) is -0.849. The molecule has 2 aromatic carbocycles. The van der Waals surface area contributed by atoms with Gasteiger partial charge in [0.05, 0.1) is 8.46 Å². The normalized spacial score (nSPS) is 17.9. The smallest absolute Gasteiger partial charge is 0.123 e. The molecule has 1 fully saturated rings. The summed E-state index contributed by atoms with van der Waals surface area (Å²) in [6.45, 7) is 0.889. The number of nitrogens with zero attached hydrogens (tertiary/aromatic N) is 1. The topological polar surface area (TPSA) is 20.3 Å². The zero-order valence-electron chi connectivity index (χ0n) is 12.8. The van der Waals surface area contributed by atoms with Gasteiger partial charge in [0.2, 0.25) is 0 Å². The fraction of sp³-hybridized carbons (Fsp3) is 0.263. The molecule has 0 N–H and O–H groups in total. The van der Waals surface area contributed by atoms with Gasteiger partial charge in [-0.05, 0) is 41.7 Å². The van der Waals surface area contributed by atoms with E-state index in [-0.39, 0.29) is 5.82 Å². The molecule has 4 rings (SSSR count). The average Bonchev–Trinajstić information content (AvgIpc) is 3.40. The molecule has 1 unspecified atom stereocenters. The van der Waals surface area contributed by atoms with E-state index in [4.69, 9.17) is 0 Å². The number of rotatable bonds is 4. The van der Waals surface area contributed by atoms with Crippen LogP contribution in [0.4, 0.5) is 4.39 Å². The molecule has 0 saturated heterocycles. The third-order valence-corrected chi connectivity index (χ3v) is 5.21. The van der Waals surface area contributed by atoms with Gasteiger partial charge < -0.3 is 9.46 Å². The Balaban J connectivity index is 1.93. The Morgan fingerprint density at radius 3 is 2.52 bits per heavy atom. The fourth-order valence-electron chi connectivity index (χ4n) is 3.45. The summed E-state index contributed by atoms with van der Waals surface area (Å²) in [5.41, 5.74) is 5.79. The first-order valence-electron chi connectivity index (χ1n) is 8.05. The lowest BCUT2D eigenvalue weighted by Crippen LogP contribution is -2.30. The van der Waals surface area contributed by atoms with Gasteiger partial charge in [-0.3, -0.25) is 0 Å². The van der Waals surface area contributed by atoms with Crippen molar-refractivity contribution in [2.45, 2.75) is 25.4 Å². The molecule has 0 spiro atoms. The van der Waals surface area contributed by atoms with Crippen molar-refractivity contribution in [1.82, 2.24) is 4.90 Å². The zero-order chi connectivity index (χ0) is 15.8. The molecule has 0 aromatic heterocycles. The molecule has 118 valence electrons. The first-order chi connectivity index (χ1) is 11.3. The minimum absolute atomic E-state index is 0.228. The van der Waals surface area contributed by atoms with Crippen LogP contribution in [-0.4, -0.2) is 17.1 Å². The highest BCUT2D eigenvalue weighted by Crippen LogP contribution is 2.42. The van der Waals surface area contributed by atoms with Crippen molar-refractivity contribution in [3.05, 3.63) is 76.7 Å². The third kappa shape index (κ3) is 2.74. The molecule has 4 heteroatoms. The van der Waals surface area contributed by atoms with Crippen LogP contribution >= 0.6 is 8.46 Å². The van der Waals surface area contributed by atoms with E-state index in [1.165, 1.54) is 41.8 Å². The van der Waals surface area contributed by atoms with Gasteiger partial charge in [-0.15, -0.1) is 0 Å². The zero-order valence-corrected chi connectivity index (χ0v) is 14.0. The van der Waals surface area contributed by atoms with E-state index in [1.807, 2.05) is 18.2 Å². The Morgan fingerprint density at radius 2 is 1.83 bits per heavy atom. The van der Waals surface area contributed by atoms with E-state index >= 15 is 0 Å². The lowest BCUT2D eigenvalue weighted by atomic mass is 9.89. The van der Waals surface area contributed by atoms with Crippen molar-refractivity contribution in [2.24, 2.45) is 0 Å².